The van der Waals surface area contributed by atoms with Gasteiger partial charge in [0.1, 0.15) is 5.54 Å². The second-order valence-electron chi connectivity index (χ2n) is 5.43. The number of hydrogen-bond acceptors (Lipinski definition) is 4. The molecule has 0 saturated carbocycles. The Kier molecular flexibility index (Phi) is 6.02. The Morgan fingerprint density at radius 3 is 2.45 bits per heavy atom. The number of rotatable bonds is 7. The Bertz CT molecular complexity index is 427. The molecule has 0 heterocycles. The molecular weight excluding hydrogens is 252 g/mol. The maximum Gasteiger partial charge on any atom is 0.325 e. The number of carbonyl (C=O) groups is 1. The molecule has 0 aliphatic heterocycles. The summed E-state index contributed by atoms with van der Waals surface area (Å²) >= 11 is 0. The summed E-state index contributed by atoms with van der Waals surface area (Å²) in [6.07, 6.45) is 1.46. The first-order chi connectivity index (χ1) is 9.40. The Labute approximate surface area is 121 Å². The van der Waals surface area contributed by atoms with Gasteiger partial charge in [0.05, 0.1) is 7.11 Å². The standard InChI is InChI=1S/C16H26N2O2/c1-5-18(14-9-7-13(2)8-10-14)12-6-11-16(3,17)15(19)20-4/h7-10H,5-6,11-12,17H2,1-4H3. The highest BCUT2D eigenvalue weighted by molar-refractivity contribution is 5.79. The Hall–Kier alpha value is -1.55. The molecule has 0 amide bonds. The van der Waals surface area contributed by atoms with Crippen LogP contribution in [-0.4, -0.2) is 31.7 Å². The third-order valence-electron chi connectivity index (χ3n) is 3.56. The summed E-state index contributed by atoms with van der Waals surface area (Å²) in [7, 11) is 1.37. The fourth-order valence-electron chi connectivity index (χ4n) is 2.20. The summed E-state index contributed by atoms with van der Waals surface area (Å²) in [5.74, 6) is -0.351. The average molecular weight is 278 g/mol. The Morgan fingerprint density at radius 2 is 1.95 bits per heavy atom. The number of methoxy groups -OCH3 is 1. The van der Waals surface area contributed by atoms with E-state index >= 15 is 0 Å². The molecule has 2 N–H and O–H groups in total. The van der Waals surface area contributed by atoms with Gasteiger partial charge in [-0.15, -0.1) is 0 Å². The Morgan fingerprint density at radius 1 is 1.35 bits per heavy atom. The van der Waals surface area contributed by atoms with Crippen molar-refractivity contribution in [1.29, 1.82) is 0 Å². The first-order valence-corrected chi connectivity index (χ1v) is 7.09. The van der Waals surface area contributed by atoms with Gasteiger partial charge in [0.2, 0.25) is 0 Å². The van der Waals surface area contributed by atoms with Crippen molar-refractivity contribution in [3.8, 4) is 0 Å². The molecule has 0 aliphatic carbocycles. The molecule has 112 valence electrons. The lowest BCUT2D eigenvalue weighted by atomic mass is 9.97. The molecule has 0 saturated heterocycles. The third kappa shape index (κ3) is 4.53. The summed E-state index contributed by atoms with van der Waals surface area (Å²) in [6, 6.07) is 8.47. The molecule has 4 heteroatoms. The predicted molar refractivity (Wildman–Crippen MR) is 82.9 cm³/mol. The zero-order valence-corrected chi connectivity index (χ0v) is 13.0. The highest BCUT2D eigenvalue weighted by atomic mass is 16.5. The minimum Gasteiger partial charge on any atom is -0.468 e. The molecule has 0 radical (unpaired) electrons. The number of hydrogen-bond donors (Lipinski definition) is 1. The van der Waals surface area contributed by atoms with Crippen molar-refractivity contribution in [2.45, 2.75) is 39.2 Å². The van der Waals surface area contributed by atoms with Gasteiger partial charge < -0.3 is 15.4 Å². The number of aryl methyl sites for hydroxylation is 1. The fraction of sp³-hybridized carbons (Fsp3) is 0.562. The smallest absolute Gasteiger partial charge is 0.325 e. The summed E-state index contributed by atoms with van der Waals surface area (Å²) < 4.78 is 4.72. The molecule has 0 spiro atoms. The number of benzene rings is 1. The first-order valence-electron chi connectivity index (χ1n) is 7.09. The monoisotopic (exact) mass is 278 g/mol. The van der Waals surface area contributed by atoms with E-state index in [0.29, 0.717) is 6.42 Å². The van der Waals surface area contributed by atoms with Crippen LogP contribution in [0, 0.1) is 6.92 Å². The molecule has 4 nitrogen and oxygen atoms in total. The number of ether oxygens (including phenoxy) is 1. The zero-order valence-electron chi connectivity index (χ0n) is 13.0. The van der Waals surface area contributed by atoms with E-state index in [2.05, 4.69) is 43.0 Å². The van der Waals surface area contributed by atoms with E-state index < -0.39 is 5.54 Å². The van der Waals surface area contributed by atoms with Gasteiger partial charge in [0.15, 0.2) is 0 Å². The molecule has 20 heavy (non-hydrogen) atoms. The van der Waals surface area contributed by atoms with Crippen LogP contribution in [0.5, 0.6) is 0 Å². The molecule has 0 bridgehead atoms. The van der Waals surface area contributed by atoms with Crippen LogP contribution in [0.25, 0.3) is 0 Å². The second-order valence-corrected chi connectivity index (χ2v) is 5.43. The van der Waals surface area contributed by atoms with Gasteiger partial charge in [-0.1, -0.05) is 17.7 Å². The van der Waals surface area contributed by atoms with E-state index in [9.17, 15) is 4.79 Å². The largest absolute Gasteiger partial charge is 0.468 e. The van der Waals surface area contributed by atoms with Gasteiger partial charge >= 0.3 is 5.97 Å². The van der Waals surface area contributed by atoms with E-state index in [1.54, 1.807) is 6.92 Å². The third-order valence-corrected chi connectivity index (χ3v) is 3.56. The van der Waals surface area contributed by atoms with Gasteiger partial charge in [0, 0.05) is 18.8 Å². The minimum absolute atomic E-state index is 0.351. The summed E-state index contributed by atoms with van der Waals surface area (Å²) in [6.45, 7) is 7.74. The van der Waals surface area contributed by atoms with Crippen molar-refractivity contribution in [2.24, 2.45) is 5.73 Å². The van der Waals surface area contributed by atoms with Crippen LogP contribution in [-0.2, 0) is 9.53 Å². The van der Waals surface area contributed by atoms with Crippen LogP contribution in [0.15, 0.2) is 24.3 Å². The topological polar surface area (TPSA) is 55.6 Å². The lowest BCUT2D eigenvalue weighted by molar-refractivity contribution is -0.146. The van der Waals surface area contributed by atoms with Crippen molar-refractivity contribution >= 4 is 11.7 Å². The van der Waals surface area contributed by atoms with Gasteiger partial charge in [-0.05, 0) is 45.7 Å². The molecule has 0 aliphatic rings. The maximum atomic E-state index is 11.5. The normalized spacial score (nSPS) is 13.7. The molecular formula is C16H26N2O2. The molecule has 1 rings (SSSR count). The van der Waals surface area contributed by atoms with Gasteiger partial charge in [-0.25, -0.2) is 0 Å². The maximum absolute atomic E-state index is 11.5. The predicted octanol–water partition coefficient (Wildman–Crippen LogP) is 2.49. The molecule has 0 fully saturated rings. The van der Waals surface area contributed by atoms with Crippen LogP contribution in [0.3, 0.4) is 0 Å². The molecule has 0 aromatic heterocycles. The lowest BCUT2D eigenvalue weighted by Crippen LogP contribution is -2.46. The van der Waals surface area contributed by atoms with E-state index in [1.807, 2.05) is 0 Å². The van der Waals surface area contributed by atoms with E-state index in [1.165, 1.54) is 18.4 Å². The summed E-state index contributed by atoms with van der Waals surface area (Å²) in [5, 5.41) is 0. The number of anilines is 1. The van der Waals surface area contributed by atoms with Crippen molar-refractivity contribution in [3.05, 3.63) is 29.8 Å². The van der Waals surface area contributed by atoms with Crippen molar-refractivity contribution in [2.75, 3.05) is 25.1 Å². The molecule has 1 aromatic carbocycles. The van der Waals surface area contributed by atoms with Crippen molar-refractivity contribution in [3.63, 3.8) is 0 Å². The van der Waals surface area contributed by atoms with E-state index in [0.717, 1.165) is 19.5 Å². The van der Waals surface area contributed by atoms with Crippen molar-refractivity contribution in [1.82, 2.24) is 0 Å². The number of nitrogens with zero attached hydrogens (tertiary/aromatic N) is 1. The van der Waals surface area contributed by atoms with E-state index in [-0.39, 0.29) is 5.97 Å². The molecule has 1 unspecified atom stereocenters. The molecule has 1 atom stereocenters. The quantitative estimate of drug-likeness (QED) is 0.779. The number of nitrogens with two attached hydrogens (primary N) is 1. The number of carbonyl (C=O) groups excluding carboxylic acids is 1. The van der Waals surface area contributed by atoms with Crippen LogP contribution in [0.2, 0.25) is 0 Å². The van der Waals surface area contributed by atoms with Gasteiger partial charge in [-0.2, -0.15) is 0 Å². The van der Waals surface area contributed by atoms with Crippen LogP contribution in [0.1, 0.15) is 32.3 Å². The lowest BCUT2D eigenvalue weighted by Gasteiger charge is -2.26. The van der Waals surface area contributed by atoms with Crippen LogP contribution >= 0.6 is 0 Å². The number of esters is 1. The second kappa shape index (κ2) is 7.29. The zero-order chi connectivity index (χ0) is 15.2. The van der Waals surface area contributed by atoms with E-state index in [4.69, 9.17) is 10.5 Å². The minimum atomic E-state index is -0.901. The van der Waals surface area contributed by atoms with Gasteiger partial charge in [0.25, 0.3) is 0 Å². The fourth-order valence-corrected chi connectivity index (χ4v) is 2.20. The highest BCUT2D eigenvalue weighted by Crippen LogP contribution is 2.17. The van der Waals surface area contributed by atoms with Gasteiger partial charge in [-0.3, -0.25) is 4.79 Å². The molecule has 1 aromatic rings. The van der Waals surface area contributed by atoms with Crippen molar-refractivity contribution < 1.29 is 9.53 Å². The highest BCUT2D eigenvalue weighted by Gasteiger charge is 2.28. The summed E-state index contributed by atoms with van der Waals surface area (Å²) in [4.78, 5) is 13.8. The van der Waals surface area contributed by atoms with Crippen LogP contribution in [0.4, 0.5) is 5.69 Å². The Balaban J connectivity index is 2.54. The summed E-state index contributed by atoms with van der Waals surface area (Å²) in [5.41, 5.74) is 7.52. The first kappa shape index (κ1) is 16.5. The van der Waals surface area contributed by atoms with Crippen LogP contribution < -0.4 is 10.6 Å². The average Bonchev–Trinajstić information content (AvgIpc) is 2.43. The SMILES string of the molecule is CCN(CCCC(C)(N)C(=O)OC)c1ccc(C)cc1.